The Morgan fingerprint density at radius 3 is 2.56 bits per heavy atom. The highest BCUT2D eigenvalue weighted by atomic mass is 79.9. The van der Waals surface area contributed by atoms with Crippen LogP contribution in [-0.4, -0.2) is 29.6 Å². The fourth-order valence-corrected chi connectivity index (χ4v) is 1.67. The van der Waals surface area contributed by atoms with Crippen molar-refractivity contribution in [2.45, 2.75) is 24.2 Å². The molecule has 1 amide bonds. The summed E-state index contributed by atoms with van der Waals surface area (Å²) in [5.74, 6) is -0.0116. The molecular formula is C5H7BBrNO. The van der Waals surface area contributed by atoms with Gasteiger partial charge in [-0.1, -0.05) is 15.9 Å². The molecule has 2 unspecified atom stereocenters. The maximum absolute atomic E-state index is 10.9. The minimum absolute atomic E-state index is 0.0116. The lowest BCUT2D eigenvalue weighted by molar-refractivity contribution is -0.123. The molecule has 0 aliphatic carbocycles. The first-order valence-electron chi connectivity index (χ1n) is 2.84. The molecule has 1 rings (SSSR count). The number of rotatable bonds is 0. The van der Waals surface area contributed by atoms with E-state index in [1.807, 2.05) is 6.92 Å². The number of nitrogens with zero attached hydrogens (tertiary/aromatic N) is 1. The summed E-state index contributed by atoms with van der Waals surface area (Å²) in [5.41, 5.74) is 0. The minimum atomic E-state index is -0.0579. The molecule has 1 heterocycles. The molecule has 2 nitrogen and oxygen atoms in total. The Labute approximate surface area is 64.2 Å². The Bertz CT molecular complexity index is 141. The van der Waals surface area contributed by atoms with Gasteiger partial charge >= 0.3 is 0 Å². The second kappa shape index (κ2) is 2.33. The average molecular weight is 188 g/mol. The van der Waals surface area contributed by atoms with Crippen LogP contribution in [0.25, 0.3) is 0 Å². The maximum atomic E-state index is 10.9. The van der Waals surface area contributed by atoms with Crippen molar-refractivity contribution in [1.82, 2.24) is 4.81 Å². The predicted octanol–water partition coefficient (Wildman–Crippen LogP) is 0.454. The Hall–Kier alpha value is 0.0149. The van der Waals surface area contributed by atoms with Crippen molar-refractivity contribution in [3.63, 3.8) is 0 Å². The lowest BCUT2D eigenvalue weighted by Crippen LogP contribution is -2.29. The van der Waals surface area contributed by atoms with Crippen molar-refractivity contribution in [3.05, 3.63) is 0 Å². The monoisotopic (exact) mass is 187 g/mol. The van der Waals surface area contributed by atoms with E-state index < -0.39 is 0 Å². The molecule has 1 aliphatic rings. The largest absolute Gasteiger partial charge is 0.393 e. The van der Waals surface area contributed by atoms with E-state index in [2.05, 4.69) is 15.9 Å². The predicted molar refractivity (Wildman–Crippen MR) is 39.4 cm³/mol. The van der Waals surface area contributed by atoms with Crippen LogP contribution < -0.4 is 0 Å². The second-order valence-corrected chi connectivity index (χ2v) is 3.40. The van der Waals surface area contributed by atoms with Gasteiger partial charge in [0.1, 0.15) is 0 Å². The molecule has 4 heteroatoms. The van der Waals surface area contributed by atoms with Crippen molar-refractivity contribution in [2.24, 2.45) is 0 Å². The molecule has 0 bridgehead atoms. The number of amides is 1. The Balaban J connectivity index is 2.65. The summed E-state index contributed by atoms with van der Waals surface area (Å²) in [6.07, 6.45) is 0.815. The third-order valence-electron chi connectivity index (χ3n) is 1.55. The zero-order valence-corrected chi connectivity index (χ0v) is 6.76. The fourth-order valence-electron chi connectivity index (χ4n) is 0.893. The summed E-state index contributed by atoms with van der Waals surface area (Å²) < 4.78 is 0. The van der Waals surface area contributed by atoms with Gasteiger partial charge in [0.05, 0.1) is 4.83 Å². The van der Waals surface area contributed by atoms with Gasteiger partial charge in [0.2, 0.25) is 13.9 Å². The van der Waals surface area contributed by atoms with Crippen LogP contribution in [0.1, 0.15) is 13.3 Å². The zero-order valence-electron chi connectivity index (χ0n) is 5.17. The SMILES string of the molecule is [B]N1C(=O)C(Br)CC1C. The van der Waals surface area contributed by atoms with Crippen molar-refractivity contribution < 1.29 is 4.79 Å². The summed E-state index contributed by atoms with van der Waals surface area (Å²) in [7, 11) is 5.37. The number of halogens is 1. The van der Waals surface area contributed by atoms with Crippen LogP contribution in [0.2, 0.25) is 0 Å². The van der Waals surface area contributed by atoms with Crippen molar-refractivity contribution >= 4 is 29.8 Å². The van der Waals surface area contributed by atoms with Crippen molar-refractivity contribution in [1.29, 1.82) is 0 Å². The molecule has 9 heavy (non-hydrogen) atoms. The molecule has 48 valence electrons. The number of carbonyl (C=O) groups is 1. The number of hydrogen-bond acceptors (Lipinski definition) is 1. The fraction of sp³-hybridized carbons (Fsp3) is 0.800. The molecule has 1 fully saturated rings. The molecule has 0 aromatic rings. The van der Waals surface area contributed by atoms with E-state index in [0.717, 1.165) is 6.42 Å². The number of hydrogen-bond donors (Lipinski definition) is 0. The smallest absolute Gasteiger partial charge is 0.230 e. The quantitative estimate of drug-likeness (QED) is 0.399. The van der Waals surface area contributed by atoms with Crippen LogP contribution in [0.5, 0.6) is 0 Å². The summed E-state index contributed by atoms with van der Waals surface area (Å²) in [4.78, 5) is 12.1. The average Bonchev–Trinajstić information content (AvgIpc) is 1.98. The molecular weight excluding hydrogens is 181 g/mol. The number of alkyl halides is 1. The number of carbonyl (C=O) groups excluding carboxylic acids is 1. The summed E-state index contributed by atoms with van der Waals surface area (Å²) in [6.45, 7) is 1.93. The summed E-state index contributed by atoms with van der Waals surface area (Å²) >= 11 is 3.21. The van der Waals surface area contributed by atoms with E-state index in [0.29, 0.717) is 0 Å². The Morgan fingerprint density at radius 2 is 2.44 bits per heavy atom. The van der Waals surface area contributed by atoms with Crippen LogP contribution in [-0.2, 0) is 4.79 Å². The van der Waals surface area contributed by atoms with Gasteiger partial charge in [-0.3, -0.25) is 4.79 Å². The van der Waals surface area contributed by atoms with Crippen LogP contribution in [0.4, 0.5) is 0 Å². The second-order valence-electron chi connectivity index (χ2n) is 2.30. The lowest BCUT2D eigenvalue weighted by atomic mass is 10.2. The van der Waals surface area contributed by atoms with Gasteiger partial charge in [-0.15, -0.1) is 0 Å². The highest BCUT2D eigenvalue weighted by Crippen LogP contribution is 2.21. The highest BCUT2D eigenvalue weighted by molar-refractivity contribution is 9.10. The molecule has 1 aliphatic heterocycles. The highest BCUT2D eigenvalue weighted by Gasteiger charge is 2.31. The third-order valence-corrected chi connectivity index (χ3v) is 2.31. The van der Waals surface area contributed by atoms with E-state index in [9.17, 15) is 4.79 Å². The van der Waals surface area contributed by atoms with Gasteiger partial charge in [0.25, 0.3) is 0 Å². The van der Waals surface area contributed by atoms with Gasteiger partial charge in [0.15, 0.2) is 0 Å². The molecule has 0 aromatic carbocycles. The molecule has 0 aromatic heterocycles. The van der Waals surface area contributed by atoms with E-state index >= 15 is 0 Å². The summed E-state index contributed by atoms with van der Waals surface area (Å²) in [6, 6.07) is 0.182. The maximum Gasteiger partial charge on any atom is 0.230 e. The first-order valence-corrected chi connectivity index (χ1v) is 3.76. The van der Waals surface area contributed by atoms with Crippen LogP contribution in [0.3, 0.4) is 0 Å². The topological polar surface area (TPSA) is 20.3 Å². The van der Waals surface area contributed by atoms with E-state index in [1.54, 1.807) is 0 Å². The van der Waals surface area contributed by atoms with Gasteiger partial charge in [0, 0.05) is 6.04 Å². The Morgan fingerprint density at radius 1 is 1.89 bits per heavy atom. The van der Waals surface area contributed by atoms with Crippen molar-refractivity contribution in [2.75, 3.05) is 0 Å². The van der Waals surface area contributed by atoms with E-state index in [1.165, 1.54) is 4.81 Å². The Kier molecular flexibility index (Phi) is 1.84. The van der Waals surface area contributed by atoms with E-state index in [4.69, 9.17) is 7.98 Å². The van der Waals surface area contributed by atoms with Crippen LogP contribution in [0, 0.1) is 0 Å². The first-order chi connectivity index (χ1) is 4.13. The van der Waals surface area contributed by atoms with E-state index in [-0.39, 0.29) is 16.8 Å². The first kappa shape index (κ1) is 7.13. The normalized spacial score (nSPS) is 35.8. The molecule has 2 radical (unpaired) electrons. The third kappa shape index (κ3) is 1.13. The van der Waals surface area contributed by atoms with Crippen molar-refractivity contribution in [3.8, 4) is 0 Å². The lowest BCUT2D eigenvalue weighted by Gasteiger charge is -2.14. The minimum Gasteiger partial charge on any atom is -0.393 e. The zero-order chi connectivity index (χ0) is 7.02. The van der Waals surface area contributed by atoms with Gasteiger partial charge in [-0.05, 0) is 13.3 Å². The molecule has 0 spiro atoms. The van der Waals surface area contributed by atoms with Gasteiger partial charge < -0.3 is 4.81 Å². The van der Waals surface area contributed by atoms with Gasteiger partial charge in [-0.25, -0.2) is 0 Å². The molecule has 0 saturated carbocycles. The molecule has 2 atom stereocenters. The molecule has 0 N–H and O–H groups in total. The summed E-state index contributed by atoms with van der Waals surface area (Å²) in [5, 5.41) is 0. The van der Waals surface area contributed by atoms with Crippen LogP contribution in [0.15, 0.2) is 0 Å². The van der Waals surface area contributed by atoms with Gasteiger partial charge in [-0.2, -0.15) is 0 Å². The molecule has 1 saturated heterocycles. The standard InChI is InChI=1S/C5H7BBrNO/c1-3-2-4(7)5(9)8(3)6/h3-4H,2H2,1H3. The van der Waals surface area contributed by atoms with Crippen LogP contribution >= 0.6 is 15.9 Å².